The Hall–Kier alpha value is 0.471. The van der Waals surface area contributed by atoms with Crippen molar-refractivity contribution in [1.29, 1.82) is 0 Å². The Morgan fingerprint density at radius 3 is 1.15 bits per heavy atom. The fraction of sp³-hybridized carbons (Fsp3) is 0.500. The monoisotopic (exact) mass is 364 g/mol. The molecule has 0 fully saturated rings. The molecular weight excluding hydrogens is 339 g/mol. The van der Waals surface area contributed by atoms with Crippen molar-refractivity contribution in [3.8, 4) is 0 Å². The van der Waals surface area contributed by atoms with Crippen LogP contribution in [-0.4, -0.2) is 6.19 Å². The molecule has 2 aliphatic carbocycles. The van der Waals surface area contributed by atoms with Crippen LogP contribution < -0.4 is 0 Å². The van der Waals surface area contributed by atoms with Gasteiger partial charge in [0, 0.05) is 0 Å². The summed E-state index contributed by atoms with van der Waals surface area (Å²) >= 11 is 2.27. The van der Waals surface area contributed by atoms with E-state index in [-0.39, 0.29) is 31.0 Å². The van der Waals surface area contributed by atoms with E-state index in [1.54, 1.807) is 0 Å². The van der Waals surface area contributed by atoms with Gasteiger partial charge in [-0.2, -0.15) is 12.2 Å². The van der Waals surface area contributed by atoms with E-state index in [2.05, 4.69) is 84.3 Å². The average Bonchev–Trinajstić information content (AvgIpc) is 2.79. The topological polar surface area (TPSA) is 0 Å². The van der Waals surface area contributed by atoms with Gasteiger partial charge in [-0.1, -0.05) is 13.8 Å². The molecule has 0 aromatic rings. The second kappa shape index (κ2) is 14.4. The third-order valence-electron chi connectivity index (χ3n) is 2.73. The fourth-order valence-electron chi connectivity index (χ4n) is 1.30. The summed E-state index contributed by atoms with van der Waals surface area (Å²) in [7, 11) is 0. The maximum atomic E-state index is 3.19. The first-order chi connectivity index (χ1) is 8.34. The molecule has 20 heavy (non-hydrogen) atoms. The van der Waals surface area contributed by atoms with Crippen LogP contribution in [0.25, 0.3) is 0 Å². The summed E-state index contributed by atoms with van der Waals surface area (Å²) in [5, 5.41) is 0. The van der Waals surface area contributed by atoms with Gasteiger partial charge in [0.25, 0.3) is 0 Å². The predicted octanol–water partition coefficient (Wildman–Crippen LogP) is 5.80. The van der Waals surface area contributed by atoms with Gasteiger partial charge in [-0.05, 0) is 0 Å². The summed E-state index contributed by atoms with van der Waals surface area (Å²) in [6, 6.07) is 0. The normalized spacial score (nSPS) is 14.8. The Balaban J connectivity index is -0.000000215. The van der Waals surface area contributed by atoms with Crippen molar-refractivity contribution in [2.24, 2.45) is 0 Å². The van der Waals surface area contributed by atoms with Gasteiger partial charge in [0.15, 0.2) is 0 Å². The van der Waals surface area contributed by atoms with Crippen LogP contribution in [-0.2, 0) is 19.2 Å². The van der Waals surface area contributed by atoms with Crippen LogP contribution in [0.5, 0.6) is 0 Å². The third-order valence-corrected chi connectivity index (χ3v) is 2.73. The molecule has 2 aliphatic rings. The van der Waals surface area contributed by atoms with Crippen LogP contribution in [0.15, 0.2) is 34.4 Å². The zero-order valence-electron chi connectivity index (χ0n) is 13.4. The maximum Gasteiger partial charge on any atom is -0.147 e. The Labute approximate surface area is 149 Å². The van der Waals surface area contributed by atoms with Gasteiger partial charge >= 0.3 is 38.5 Å². The average molecular weight is 365 g/mol. The summed E-state index contributed by atoms with van der Waals surface area (Å²) in [6.07, 6.45) is 12.9. The van der Waals surface area contributed by atoms with E-state index in [1.165, 1.54) is 22.3 Å². The number of allylic oxidation sites excluding steroid dienone is 8. The van der Waals surface area contributed by atoms with E-state index in [9.17, 15) is 0 Å². The summed E-state index contributed by atoms with van der Waals surface area (Å²) < 4.78 is 0. The number of hydrogen-bond donors (Lipinski definition) is 0. The van der Waals surface area contributed by atoms with E-state index in [4.69, 9.17) is 0 Å². The molecule has 0 nitrogen and oxygen atoms in total. The minimum Gasteiger partial charge on any atom is -0.147 e. The number of rotatable bonds is 0. The van der Waals surface area contributed by atoms with Gasteiger partial charge in [0.05, 0.1) is 0 Å². The molecule has 0 bridgehead atoms. The van der Waals surface area contributed by atoms with E-state index < -0.39 is 0 Å². The van der Waals surface area contributed by atoms with Crippen molar-refractivity contribution in [3.05, 3.63) is 46.6 Å². The molecule has 0 N–H and O–H groups in total. The maximum absolute atomic E-state index is 3.19. The van der Waals surface area contributed by atoms with Gasteiger partial charge in [-0.15, -0.1) is 51.5 Å². The van der Waals surface area contributed by atoms with Gasteiger partial charge in [0.2, 0.25) is 0 Å². The second-order valence-corrected chi connectivity index (χ2v) is 11.5. The molecule has 2 rings (SSSR count). The van der Waals surface area contributed by atoms with Crippen molar-refractivity contribution in [2.75, 3.05) is 0 Å². The van der Waals surface area contributed by atoms with E-state index in [0.717, 1.165) is 12.8 Å². The number of halogens is 2. The Morgan fingerprint density at radius 2 is 1.10 bits per heavy atom. The van der Waals surface area contributed by atoms with E-state index >= 15 is 0 Å². The molecule has 4 heteroatoms. The van der Waals surface area contributed by atoms with Crippen LogP contribution >= 0.6 is 24.8 Å². The first kappa shape index (κ1) is 25.4. The molecule has 0 amide bonds. The molecule has 0 radical (unpaired) electrons. The van der Waals surface area contributed by atoms with E-state index in [0.29, 0.717) is 0 Å². The smallest absolute Gasteiger partial charge is 0.147 e. The zero-order valence-corrected chi connectivity index (χ0v) is 17.6. The molecule has 0 saturated carbocycles. The largest absolute Gasteiger partial charge is 0.147 e. The van der Waals surface area contributed by atoms with Crippen molar-refractivity contribution in [2.45, 2.75) is 53.6 Å². The summed E-state index contributed by atoms with van der Waals surface area (Å²) in [5.74, 6) is 0. The first-order valence-corrected chi connectivity index (χ1v) is 11.2. The van der Waals surface area contributed by atoms with E-state index in [1.807, 2.05) is 0 Å². The second-order valence-electron chi connectivity index (χ2n) is 4.79. The molecule has 0 heterocycles. The molecule has 0 aromatic carbocycles. The Kier molecular flexibility index (Phi) is 18.3. The molecule has 0 aromatic heterocycles. The van der Waals surface area contributed by atoms with Gasteiger partial charge in [-0.3, -0.25) is 12.2 Å². The molecule has 0 saturated heterocycles. The van der Waals surface area contributed by atoms with Crippen molar-refractivity contribution in [1.82, 2.24) is 0 Å². The molecule has 0 aliphatic heterocycles. The molecular formula is C16H26Cl2SiTi. The van der Waals surface area contributed by atoms with Crippen LogP contribution in [0.2, 0.25) is 13.1 Å². The van der Waals surface area contributed by atoms with Crippen LogP contribution in [0, 0.1) is 12.2 Å². The minimum absolute atomic E-state index is 0. The van der Waals surface area contributed by atoms with Crippen molar-refractivity contribution in [3.63, 3.8) is 0 Å². The molecule has 0 atom stereocenters. The van der Waals surface area contributed by atoms with Crippen LogP contribution in [0.3, 0.4) is 0 Å². The summed E-state index contributed by atoms with van der Waals surface area (Å²) in [5.41, 5.74) is 5.42. The zero-order chi connectivity index (χ0) is 14.1. The first-order valence-electron chi connectivity index (χ1n) is 6.35. The number of hydrogen-bond acceptors (Lipinski definition) is 0. The molecule has 0 spiro atoms. The SMILES string of the molecule is CC1=[C-]CC=C1C.CC1=[C-]CC=C1C.C[Si](C)=[Ti+2].Cl.Cl. The van der Waals surface area contributed by atoms with Crippen LogP contribution in [0.4, 0.5) is 0 Å². The Bertz CT molecular complexity index is 348. The third kappa shape index (κ3) is 13.5. The van der Waals surface area contributed by atoms with Gasteiger partial charge < -0.3 is 0 Å². The van der Waals surface area contributed by atoms with Gasteiger partial charge in [0.1, 0.15) is 0 Å². The molecule has 0 unspecified atom stereocenters. The van der Waals surface area contributed by atoms with Crippen molar-refractivity contribution < 1.29 is 19.2 Å². The Morgan fingerprint density at radius 1 is 0.850 bits per heavy atom. The van der Waals surface area contributed by atoms with Gasteiger partial charge in [-0.25, -0.2) is 22.3 Å². The summed E-state index contributed by atoms with van der Waals surface area (Å²) in [4.78, 5) is 0. The van der Waals surface area contributed by atoms with Crippen molar-refractivity contribution >= 4 is 31.0 Å². The summed E-state index contributed by atoms with van der Waals surface area (Å²) in [6.45, 7) is 13.0. The standard InChI is InChI=1S/2C7H9.C2H6Si.2ClH.Ti/c2*1-6-4-3-5-7(6)2;1-3-2;;;/h2*4H,3H2,1-2H3;1-2H3;2*1H;/q2*-1;;;;+2. The fourth-order valence-corrected chi connectivity index (χ4v) is 1.30. The quantitative estimate of drug-likeness (QED) is 0.376. The minimum atomic E-state index is 0. The van der Waals surface area contributed by atoms with Crippen LogP contribution in [0.1, 0.15) is 40.5 Å². The predicted molar refractivity (Wildman–Crippen MR) is 93.6 cm³/mol. The molecule has 112 valence electrons.